The van der Waals surface area contributed by atoms with E-state index >= 15 is 0 Å². The van der Waals surface area contributed by atoms with Crippen molar-refractivity contribution in [2.75, 3.05) is 40.6 Å². The quantitative estimate of drug-likeness (QED) is 0.561. The lowest BCUT2D eigenvalue weighted by Gasteiger charge is -2.46. The fourth-order valence-electron chi connectivity index (χ4n) is 6.41. The van der Waals surface area contributed by atoms with E-state index in [4.69, 9.17) is 18.9 Å². The average Bonchev–Trinajstić information content (AvgIpc) is 3.24. The van der Waals surface area contributed by atoms with Crippen molar-refractivity contribution in [2.24, 2.45) is 5.92 Å². The molecule has 0 bridgehead atoms. The second kappa shape index (κ2) is 9.79. The van der Waals surface area contributed by atoms with Gasteiger partial charge in [0.1, 0.15) is 18.2 Å². The van der Waals surface area contributed by atoms with Crippen LogP contribution in [0.3, 0.4) is 0 Å². The number of piperidine rings is 2. The number of carbonyl (C=O) groups is 1. The molecule has 0 N–H and O–H groups in total. The first-order valence-electron chi connectivity index (χ1n) is 13.1. The summed E-state index contributed by atoms with van der Waals surface area (Å²) in [7, 11) is 3.19. The van der Waals surface area contributed by atoms with Crippen molar-refractivity contribution < 1.29 is 23.7 Å². The molecule has 0 unspecified atom stereocenters. The van der Waals surface area contributed by atoms with Gasteiger partial charge in [-0.05, 0) is 69.0 Å². The Morgan fingerprint density at radius 2 is 1.94 bits per heavy atom. The van der Waals surface area contributed by atoms with Crippen molar-refractivity contribution in [3.63, 3.8) is 0 Å². The first-order valence-corrected chi connectivity index (χ1v) is 13.1. The number of Topliss-reactive ketones (excluding diaryl/α,β-unsaturated/α-hetero) is 1. The third-order valence-electron chi connectivity index (χ3n) is 8.12. The van der Waals surface area contributed by atoms with E-state index in [2.05, 4.69) is 9.80 Å². The molecule has 7 heteroatoms. The highest BCUT2D eigenvalue weighted by Gasteiger charge is 2.37. The van der Waals surface area contributed by atoms with Crippen LogP contribution in [0.15, 0.2) is 36.1 Å². The molecule has 2 aromatic carbocycles. The van der Waals surface area contributed by atoms with Gasteiger partial charge < -0.3 is 23.8 Å². The fourth-order valence-corrected chi connectivity index (χ4v) is 6.41. The molecule has 4 aliphatic rings. The van der Waals surface area contributed by atoms with E-state index in [1.54, 1.807) is 20.3 Å². The summed E-state index contributed by atoms with van der Waals surface area (Å²) in [5.74, 6) is 3.43. The SMILES string of the molecule is COc1cccc(C=C2Oc3c(ccc4c3CN(C[C@H]3CCCN5CCCC[C@H]35)CO4)C2=O)c1OC. The number of ketones is 1. The molecule has 0 saturated carbocycles. The molecule has 2 atom stereocenters. The Morgan fingerprint density at radius 3 is 2.81 bits per heavy atom. The molecule has 0 aliphatic carbocycles. The van der Waals surface area contributed by atoms with Gasteiger partial charge in [0, 0.05) is 24.7 Å². The molecule has 4 aliphatic heterocycles. The number of fused-ring (bicyclic) bond motifs is 4. The second-order valence-corrected chi connectivity index (χ2v) is 10.2. The molecule has 2 aromatic rings. The van der Waals surface area contributed by atoms with Gasteiger partial charge in [-0.25, -0.2) is 0 Å². The number of methoxy groups -OCH3 is 2. The van der Waals surface area contributed by atoms with Gasteiger partial charge in [0.15, 0.2) is 17.3 Å². The van der Waals surface area contributed by atoms with E-state index in [-0.39, 0.29) is 11.5 Å². The number of benzene rings is 2. The molecule has 2 saturated heterocycles. The maximum absolute atomic E-state index is 13.3. The number of para-hydroxylation sites is 1. The molecular weight excluding hydrogens is 456 g/mol. The Bertz CT molecular complexity index is 1190. The van der Waals surface area contributed by atoms with Gasteiger partial charge in [-0.15, -0.1) is 0 Å². The van der Waals surface area contributed by atoms with Crippen LogP contribution in [-0.2, 0) is 6.54 Å². The predicted molar refractivity (Wildman–Crippen MR) is 137 cm³/mol. The summed E-state index contributed by atoms with van der Waals surface area (Å²) < 4.78 is 23.3. The van der Waals surface area contributed by atoms with Crippen molar-refractivity contribution in [3.8, 4) is 23.0 Å². The zero-order valence-corrected chi connectivity index (χ0v) is 21.1. The molecule has 0 amide bonds. The number of rotatable bonds is 5. The Kier molecular flexibility index (Phi) is 6.36. The second-order valence-electron chi connectivity index (χ2n) is 10.2. The van der Waals surface area contributed by atoms with Gasteiger partial charge in [-0.3, -0.25) is 9.69 Å². The van der Waals surface area contributed by atoms with Crippen LogP contribution in [-0.4, -0.2) is 62.2 Å². The third kappa shape index (κ3) is 4.14. The first kappa shape index (κ1) is 23.4. The first-order chi connectivity index (χ1) is 17.7. The van der Waals surface area contributed by atoms with Crippen molar-refractivity contribution in [1.29, 1.82) is 0 Å². The normalized spacial score (nSPS) is 24.9. The molecule has 190 valence electrons. The molecule has 0 spiro atoms. The van der Waals surface area contributed by atoms with E-state index < -0.39 is 0 Å². The summed E-state index contributed by atoms with van der Waals surface area (Å²) in [4.78, 5) is 18.4. The van der Waals surface area contributed by atoms with E-state index in [1.165, 1.54) is 45.2 Å². The van der Waals surface area contributed by atoms with Crippen LogP contribution in [0.5, 0.6) is 23.0 Å². The minimum absolute atomic E-state index is 0.125. The molecular formula is C29H34N2O5. The van der Waals surface area contributed by atoms with Gasteiger partial charge in [-0.1, -0.05) is 18.6 Å². The molecule has 0 aromatic heterocycles. The zero-order chi connectivity index (χ0) is 24.6. The van der Waals surface area contributed by atoms with Crippen molar-refractivity contribution in [3.05, 3.63) is 52.8 Å². The Morgan fingerprint density at radius 1 is 1.06 bits per heavy atom. The summed E-state index contributed by atoms with van der Waals surface area (Å²) >= 11 is 0. The lowest BCUT2D eigenvalue weighted by atomic mass is 9.83. The van der Waals surface area contributed by atoms with E-state index in [9.17, 15) is 4.79 Å². The summed E-state index contributed by atoms with van der Waals surface area (Å²) in [5, 5.41) is 0. The minimum Gasteiger partial charge on any atom is -0.493 e. The maximum Gasteiger partial charge on any atom is 0.231 e. The Labute approximate surface area is 212 Å². The summed E-state index contributed by atoms with van der Waals surface area (Å²) in [6, 6.07) is 10.00. The smallest absolute Gasteiger partial charge is 0.231 e. The van der Waals surface area contributed by atoms with Crippen molar-refractivity contribution in [2.45, 2.75) is 44.7 Å². The van der Waals surface area contributed by atoms with Crippen LogP contribution in [0.25, 0.3) is 6.08 Å². The number of hydrogen-bond acceptors (Lipinski definition) is 7. The topological polar surface area (TPSA) is 60.5 Å². The lowest BCUT2D eigenvalue weighted by Crippen LogP contribution is -2.51. The molecule has 6 rings (SSSR count). The summed E-state index contributed by atoms with van der Waals surface area (Å²) in [6.07, 6.45) is 8.27. The molecule has 2 fully saturated rings. The lowest BCUT2D eigenvalue weighted by molar-refractivity contribution is 0.0141. The van der Waals surface area contributed by atoms with E-state index in [0.717, 1.165) is 30.0 Å². The highest BCUT2D eigenvalue weighted by Crippen LogP contribution is 2.43. The van der Waals surface area contributed by atoms with Crippen LogP contribution < -0.4 is 18.9 Å². The van der Waals surface area contributed by atoms with Gasteiger partial charge in [-0.2, -0.15) is 0 Å². The van der Waals surface area contributed by atoms with Crippen molar-refractivity contribution >= 4 is 11.9 Å². The molecule has 36 heavy (non-hydrogen) atoms. The van der Waals surface area contributed by atoms with Crippen LogP contribution in [0, 0.1) is 5.92 Å². The van der Waals surface area contributed by atoms with Gasteiger partial charge >= 0.3 is 0 Å². The van der Waals surface area contributed by atoms with Crippen LogP contribution in [0.4, 0.5) is 0 Å². The number of allylic oxidation sites excluding steroid dienone is 1. The summed E-state index contributed by atoms with van der Waals surface area (Å²) in [5.41, 5.74) is 2.28. The van der Waals surface area contributed by atoms with Gasteiger partial charge in [0.05, 0.1) is 25.3 Å². The average molecular weight is 491 g/mol. The minimum atomic E-state index is -0.125. The Hall–Kier alpha value is -3.03. The number of ether oxygens (including phenoxy) is 4. The Balaban J connectivity index is 1.24. The fraction of sp³-hybridized carbons (Fsp3) is 0.483. The van der Waals surface area contributed by atoms with E-state index in [0.29, 0.717) is 41.5 Å². The number of hydrogen-bond donors (Lipinski definition) is 0. The zero-order valence-electron chi connectivity index (χ0n) is 21.1. The predicted octanol–water partition coefficient (Wildman–Crippen LogP) is 4.74. The molecule has 4 heterocycles. The standard InChI is InChI=1S/C29H34N2O5/c1-33-25-10-5-7-19(28(25)34-2)15-26-27(32)21-11-12-24-22(29(21)36-26)17-30(18-35-24)16-20-8-6-14-31-13-4-3-9-23(20)31/h5,7,10-12,15,20,23H,3-4,6,8-9,13-14,16-18H2,1-2H3/t20-,23-/m1/s1. The number of carbonyl (C=O) groups excluding carboxylic acids is 1. The van der Waals surface area contributed by atoms with Crippen LogP contribution in [0.2, 0.25) is 0 Å². The van der Waals surface area contributed by atoms with E-state index in [1.807, 2.05) is 30.3 Å². The number of nitrogens with zero attached hydrogens (tertiary/aromatic N) is 2. The highest BCUT2D eigenvalue weighted by atomic mass is 16.5. The monoisotopic (exact) mass is 490 g/mol. The van der Waals surface area contributed by atoms with Gasteiger partial charge in [0.25, 0.3) is 0 Å². The molecule has 0 radical (unpaired) electrons. The highest BCUT2D eigenvalue weighted by molar-refractivity contribution is 6.15. The maximum atomic E-state index is 13.3. The van der Waals surface area contributed by atoms with Crippen molar-refractivity contribution in [1.82, 2.24) is 9.80 Å². The van der Waals surface area contributed by atoms with Crippen LogP contribution >= 0.6 is 0 Å². The summed E-state index contributed by atoms with van der Waals surface area (Å²) in [6.45, 7) is 4.81. The van der Waals surface area contributed by atoms with Gasteiger partial charge in [0.2, 0.25) is 5.78 Å². The third-order valence-corrected chi connectivity index (χ3v) is 8.12. The molecule has 7 nitrogen and oxygen atoms in total. The largest absolute Gasteiger partial charge is 0.493 e. The van der Waals surface area contributed by atoms with Crippen LogP contribution in [0.1, 0.15) is 53.6 Å².